The monoisotopic (exact) mass is 594 g/mol. The van der Waals surface area contributed by atoms with Crippen LogP contribution in [0.2, 0.25) is 0 Å². The Labute approximate surface area is 243 Å². The first-order chi connectivity index (χ1) is 20.3. The molecule has 2 aromatic rings. The number of hydrogen-bond donors (Lipinski definition) is 3. The first-order valence-electron chi connectivity index (χ1n) is 12.7. The zero-order valence-electron chi connectivity index (χ0n) is 22.5. The molecule has 13 nitrogen and oxygen atoms in total. The average Bonchev–Trinajstić information content (AvgIpc) is 3.60. The quantitative estimate of drug-likeness (QED) is 0.347. The second kappa shape index (κ2) is 12.2. The highest BCUT2D eigenvalue weighted by Gasteiger charge is 2.48. The Morgan fingerprint density at radius 3 is 2.74 bits per heavy atom. The molecule has 1 unspecified atom stereocenters. The molecule has 2 aliphatic heterocycles. The van der Waals surface area contributed by atoms with Crippen molar-refractivity contribution < 1.29 is 43.2 Å². The predicted octanol–water partition coefficient (Wildman–Crippen LogP) is 3.33. The maximum atomic E-state index is 13.7. The number of anilines is 1. The molecule has 42 heavy (non-hydrogen) atoms. The second-order valence-electron chi connectivity index (χ2n) is 9.23. The number of aromatic nitrogens is 1. The van der Waals surface area contributed by atoms with Crippen molar-refractivity contribution in [2.24, 2.45) is 0 Å². The van der Waals surface area contributed by atoms with E-state index in [0.717, 1.165) is 28.2 Å². The summed E-state index contributed by atoms with van der Waals surface area (Å²) < 4.78 is 22.0. The Bertz CT molecular complexity index is 1560. The fourth-order valence-corrected chi connectivity index (χ4v) is 5.23. The van der Waals surface area contributed by atoms with Crippen LogP contribution in [-0.4, -0.2) is 65.1 Å². The van der Waals surface area contributed by atoms with Crippen molar-refractivity contribution in [2.45, 2.75) is 31.3 Å². The van der Waals surface area contributed by atoms with E-state index in [4.69, 9.17) is 18.9 Å². The minimum Gasteiger partial charge on any atom is -0.493 e. The maximum Gasteiger partial charge on any atom is 0.355 e. The number of rotatable bonds is 10. The number of hydrogen-bond acceptors (Lipinski definition) is 10. The van der Waals surface area contributed by atoms with E-state index in [-0.39, 0.29) is 23.0 Å². The molecule has 0 spiro atoms. The molecule has 1 saturated heterocycles. The number of imide groups is 1. The molecule has 2 atom stereocenters. The van der Waals surface area contributed by atoms with Crippen LogP contribution in [-0.2, 0) is 25.5 Å². The number of benzene rings is 1. The van der Waals surface area contributed by atoms with Crippen molar-refractivity contribution in [1.29, 1.82) is 0 Å². The summed E-state index contributed by atoms with van der Waals surface area (Å²) in [5.41, 5.74) is 1.17. The van der Waals surface area contributed by atoms with Gasteiger partial charge in [0.15, 0.2) is 39.9 Å². The summed E-state index contributed by atoms with van der Waals surface area (Å²) >= 11 is 0.896. The molecule has 0 radical (unpaired) electrons. The van der Waals surface area contributed by atoms with Gasteiger partial charge in [-0.05, 0) is 36.1 Å². The maximum absolute atomic E-state index is 13.7. The average molecular weight is 595 g/mol. The van der Waals surface area contributed by atoms with Crippen molar-refractivity contribution in [3.63, 3.8) is 0 Å². The van der Waals surface area contributed by atoms with Crippen molar-refractivity contribution >= 4 is 40.3 Å². The third kappa shape index (κ3) is 5.83. The van der Waals surface area contributed by atoms with Gasteiger partial charge in [0.1, 0.15) is 18.6 Å². The molecule has 5 rings (SSSR count). The van der Waals surface area contributed by atoms with Gasteiger partial charge in [0.2, 0.25) is 5.91 Å². The first-order valence-corrected chi connectivity index (χ1v) is 13.6. The van der Waals surface area contributed by atoms with E-state index in [1.165, 1.54) is 32.1 Å². The molecule has 0 saturated carbocycles. The number of amides is 4. The Morgan fingerprint density at radius 1 is 1.24 bits per heavy atom. The summed E-state index contributed by atoms with van der Waals surface area (Å²) in [6.45, 7) is 0. The van der Waals surface area contributed by atoms with Crippen LogP contribution in [0.15, 0.2) is 71.4 Å². The highest BCUT2D eigenvalue weighted by Crippen LogP contribution is 2.31. The van der Waals surface area contributed by atoms with Gasteiger partial charge in [0.05, 0.1) is 14.2 Å². The number of aromatic carboxylic acids is 1. The number of carboxylic acid groups (broad SMARTS) is 1. The summed E-state index contributed by atoms with van der Waals surface area (Å²) in [5, 5.41) is 15.6. The van der Waals surface area contributed by atoms with Crippen LogP contribution in [0.5, 0.6) is 11.5 Å². The third-order valence-corrected chi connectivity index (χ3v) is 7.38. The number of carboxylic acids is 1. The summed E-state index contributed by atoms with van der Waals surface area (Å²) in [5.74, 6) is -1.44. The van der Waals surface area contributed by atoms with Gasteiger partial charge in [0, 0.05) is 11.8 Å². The van der Waals surface area contributed by atoms with E-state index >= 15 is 0 Å². The van der Waals surface area contributed by atoms with Crippen LogP contribution in [0.25, 0.3) is 0 Å². The highest BCUT2D eigenvalue weighted by molar-refractivity contribution is 7.14. The van der Waals surface area contributed by atoms with E-state index in [1.54, 1.807) is 18.2 Å². The van der Waals surface area contributed by atoms with E-state index in [2.05, 4.69) is 15.6 Å². The molecule has 1 aromatic heterocycles. The number of methoxy groups -OCH3 is 2. The normalized spacial score (nSPS) is 18.6. The summed E-state index contributed by atoms with van der Waals surface area (Å²) in [4.78, 5) is 56.5. The molecule has 4 amide bonds. The number of carbonyl (C=O) groups is 4. The van der Waals surface area contributed by atoms with E-state index < -0.39 is 35.9 Å². The lowest BCUT2D eigenvalue weighted by atomic mass is 10.0. The Kier molecular flexibility index (Phi) is 8.24. The van der Waals surface area contributed by atoms with Crippen molar-refractivity contribution in [3.05, 3.63) is 82.7 Å². The van der Waals surface area contributed by atoms with Crippen LogP contribution in [0.1, 0.15) is 28.9 Å². The lowest BCUT2D eigenvalue weighted by Crippen LogP contribution is -2.49. The lowest BCUT2D eigenvalue weighted by Gasteiger charge is -2.25. The van der Waals surface area contributed by atoms with Crippen molar-refractivity contribution in [2.75, 3.05) is 19.5 Å². The van der Waals surface area contributed by atoms with E-state index in [9.17, 15) is 24.3 Å². The Balaban J connectivity index is 1.41. The van der Waals surface area contributed by atoms with Gasteiger partial charge in [0.25, 0.3) is 5.91 Å². The van der Waals surface area contributed by atoms with E-state index in [1.807, 2.05) is 18.2 Å². The molecule has 1 fully saturated rings. The molecule has 218 valence electrons. The minimum absolute atomic E-state index is 0.00498. The predicted molar refractivity (Wildman–Crippen MR) is 149 cm³/mol. The Morgan fingerprint density at radius 2 is 2.05 bits per heavy atom. The summed E-state index contributed by atoms with van der Waals surface area (Å²) in [7, 11) is 2.94. The van der Waals surface area contributed by atoms with Gasteiger partial charge in [-0.1, -0.05) is 24.3 Å². The number of thiazole rings is 1. The molecule has 3 heterocycles. The van der Waals surface area contributed by atoms with Gasteiger partial charge in [-0.25, -0.2) is 19.5 Å². The van der Waals surface area contributed by atoms with Crippen LogP contribution in [0.4, 0.5) is 9.93 Å². The van der Waals surface area contributed by atoms with Crippen molar-refractivity contribution in [3.8, 4) is 11.5 Å². The Hall–Kier alpha value is -5.11. The van der Waals surface area contributed by atoms with Crippen LogP contribution < -0.4 is 20.1 Å². The lowest BCUT2D eigenvalue weighted by molar-refractivity contribution is -0.134. The molecule has 0 bridgehead atoms. The topological polar surface area (TPSA) is 166 Å². The number of allylic oxidation sites excluding steroid dienone is 4. The molecule has 3 aliphatic rings. The summed E-state index contributed by atoms with van der Waals surface area (Å²) in [6, 6.07) is 1.51. The number of nitrogens with one attached hydrogen (secondary N) is 2. The van der Waals surface area contributed by atoms with Crippen LogP contribution in [0, 0.1) is 0 Å². The number of carbonyl (C=O) groups excluding carboxylic acids is 3. The van der Waals surface area contributed by atoms with Gasteiger partial charge in [-0.15, -0.1) is 11.3 Å². The number of urea groups is 1. The minimum atomic E-state index is -1.36. The molecule has 1 aromatic carbocycles. The largest absolute Gasteiger partial charge is 0.493 e. The first kappa shape index (κ1) is 28.4. The molecule has 3 N–H and O–H groups in total. The summed E-state index contributed by atoms with van der Waals surface area (Å²) in [6.07, 6.45) is 9.85. The van der Waals surface area contributed by atoms with Crippen LogP contribution >= 0.6 is 11.3 Å². The van der Waals surface area contributed by atoms with E-state index in [0.29, 0.717) is 29.2 Å². The van der Waals surface area contributed by atoms with Gasteiger partial charge in [-0.3, -0.25) is 9.59 Å². The number of nitrogens with zero attached hydrogens (tertiary/aromatic N) is 2. The zero-order valence-corrected chi connectivity index (χ0v) is 23.3. The SMILES string of the molecule is COc1ccc(C[C@@H](C(=O)Nc2nc(C(=O)O)cs2)N2C(=O)NC(C3=COC=C(C4=CC=CCC4)O3)C2=O)cc1OC. The van der Waals surface area contributed by atoms with Gasteiger partial charge in [-0.2, -0.15) is 0 Å². The standard InChI is InChI=1S/C28H26N4O9S/c1-38-19-9-8-15(11-20(19)39-2)10-18(24(33)31-27-29-17(14-42-27)26(35)36)32-25(34)23(30-28(32)37)22-13-40-12-21(41-22)16-6-4-3-5-7-16/h3-4,6,8-9,11-14,18,23H,5,7,10H2,1-2H3,(H,30,37)(H,35,36)(H,29,31,33)/t18-,23?/m0/s1. The fraction of sp³-hybridized carbons (Fsp3) is 0.250. The van der Waals surface area contributed by atoms with Crippen LogP contribution in [0.3, 0.4) is 0 Å². The molecular weight excluding hydrogens is 568 g/mol. The highest BCUT2D eigenvalue weighted by atomic mass is 32.1. The molecular formula is C28H26N4O9S. The van der Waals surface area contributed by atoms with Gasteiger partial charge >= 0.3 is 12.0 Å². The number of ether oxygens (including phenoxy) is 4. The fourth-order valence-electron chi connectivity index (χ4n) is 4.55. The third-order valence-electron chi connectivity index (χ3n) is 6.62. The van der Waals surface area contributed by atoms with Gasteiger partial charge < -0.3 is 34.7 Å². The molecule has 1 aliphatic carbocycles. The smallest absolute Gasteiger partial charge is 0.355 e. The molecule has 14 heteroatoms. The second-order valence-corrected chi connectivity index (χ2v) is 10.1. The zero-order chi connectivity index (χ0) is 29.8. The van der Waals surface area contributed by atoms with Crippen molar-refractivity contribution in [1.82, 2.24) is 15.2 Å².